The maximum Gasteiger partial charge on any atom is 0.242 e. The molecule has 0 spiro atoms. The summed E-state index contributed by atoms with van der Waals surface area (Å²) in [6.07, 6.45) is 1.92. The van der Waals surface area contributed by atoms with Crippen molar-refractivity contribution in [2.75, 3.05) is 18.4 Å². The minimum absolute atomic E-state index is 0.0324. The highest BCUT2D eigenvalue weighted by Crippen LogP contribution is 2.32. The van der Waals surface area contributed by atoms with Crippen molar-refractivity contribution in [1.29, 1.82) is 0 Å². The predicted octanol–water partition coefficient (Wildman–Crippen LogP) is 0.865. The number of nitrogens with one attached hydrogen (secondary N) is 3. The molecule has 0 radical (unpaired) electrons. The number of carbonyl (C=O) groups is 1. The lowest BCUT2D eigenvalue weighted by molar-refractivity contribution is -0.115. The molecular formula is C13H16ClN3O3S. The average Bonchev–Trinajstić information content (AvgIpc) is 2.77. The van der Waals surface area contributed by atoms with E-state index in [0.29, 0.717) is 17.8 Å². The van der Waals surface area contributed by atoms with Gasteiger partial charge in [-0.3, -0.25) is 4.79 Å². The average molecular weight is 330 g/mol. The molecule has 0 bridgehead atoms. The maximum atomic E-state index is 12.5. The molecule has 2 aliphatic rings. The minimum atomic E-state index is -3.69. The van der Waals surface area contributed by atoms with Crippen LogP contribution in [-0.2, 0) is 21.2 Å². The molecule has 0 saturated carbocycles. The van der Waals surface area contributed by atoms with Crippen LogP contribution < -0.4 is 15.4 Å². The second kappa shape index (κ2) is 5.57. The predicted molar refractivity (Wildman–Crippen MR) is 80.0 cm³/mol. The van der Waals surface area contributed by atoms with Gasteiger partial charge in [-0.2, -0.15) is 0 Å². The van der Waals surface area contributed by atoms with Gasteiger partial charge in [-0.05, 0) is 37.1 Å². The number of sulfonamides is 1. The van der Waals surface area contributed by atoms with Gasteiger partial charge >= 0.3 is 0 Å². The van der Waals surface area contributed by atoms with Crippen LogP contribution in [0.2, 0.25) is 5.02 Å². The molecule has 0 unspecified atom stereocenters. The zero-order chi connectivity index (χ0) is 15.0. The molecule has 21 heavy (non-hydrogen) atoms. The van der Waals surface area contributed by atoms with Crippen molar-refractivity contribution in [3.05, 3.63) is 22.7 Å². The van der Waals surface area contributed by atoms with E-state index in [9.17, 15) is 13.2 Å². The van der Waals surface area contributed by atoms with Crippen molar-refractivity contribution >= 4 is 33.2 Å². The van der Waals surface area contributed by atoms with Crippen molar-refractivity contribution in [3.8, 4) is 0 Å². The van der Waals surface area contributed by atoms with Crippen LogP contribution in [-0.4, -0.2) is 33.5 Å². The zero-order valence-corrected chi connectivity index (χ0v) is 12.9. The number of fused-ring (bicyclic) bond motifs is 1. The first-order valence-corrected chi connectivity index (χ1v) is 8.67. The molecule has 2 aliphatic heterocycles. The minimum Gasteiger partial charge on any atom is -0.325 e. The Morgan fingerprint density at radius 2 is 2.14 bits per heavy atom. The zero-order valence-electron chi connectivity index (χ0n) is 11.3. The van der Waals surface area contributed by atoms with Gasteiger partial charge in [0, 0.05) is 18.3 Å². The molecule has 1 aromatic rings. The molecule has 0 aromatic heterocycles. The Hall–Kier alpha value is -1.15. The third-order valence-corrected chi connectivity index (χ3v) is 5.68. The van der Waals surface area contributed by atoms with Crippen LogP contribution in [0.5, 0.6) is 0 Å². The van der Waals surface area contributed by atoms with Crippen molar-refractivity contribution in [1.82, 2.24) is 10.0 Å². The molecule has 3 N–H and O–H groups in total. The highest BCUT2D eigenvalue weighted by Gasteiger charge is 2.27. The van der Waals surface area contributed by atoms with Gasteiger partial charge in [0.1, 0.15) is 4.90 Å². The number of benzene rings is 1. The number of carbonyl (C=O) groups excluding carboxylic acids is 1. The van der Waals surface area contributed by atoms with Crippen LogP contribution >= 0.6 is 11.6 Å². The third-order valence-electron chi connectivity index (χ3n) is 3.69. The van der Waals surface area contributed by atoms with Gasteiger partial charge in [0.15, 0.2) is 0 Å². The van der Waals surface area contributed by atoms with E-state index in [1.807, 2.05) is 0 Å². The Bertz CT molecular complexity index is 684. The van der Waals surface area contributed by atoms with Crippen molar-refractivity contribution in [2.24, 2.45) is 0 Å². The Morgan fingerprint density at radius 3 is 2.86 bits per heavy atom. The van der Waals surface area contributed by atoms with E-state index in [1.54, 1.807) is 0 Å². The molecular weight excluding hydrogens is 314 g/mol. The molecule has 114 valence electrons. The number of amides is 1. The van der Waals surface area contributed by atoms with Crippen LogP contribution in [0.4, 0.5) is 5.69 Å². The summed E-state index contributed by atoms with van der Waals surface area (Å²) >= 11 is 6.07. The monoisotopic (exact) mass is 329 g/mol. The third kappa shape index (κ3) is 3.06. The summed E-state index contributed by atoms with van der Waals surface area (Å²) in [4.78, 5) is 11.4. The van der Waals surface area contributed by atoms with Crippen LogP contribution in [0.1, 0.15) is 18.4 Å². The van der Waals surface area contributed by atoms with Crippen LogP contribution in [0.25, 0.3) is 0 Å². The number of anilines is 1. The van der Waals surface area contributed by atoms with E-state index in [0.717, 1.165) is 19.4 Å². The quantitative estimate of drug-likeness (QED) is 0.767. The summed E-state index contributed by atoms with van der Waals surface area (Å²) in [5, 5.41) is 5.92. The smallest absolute Gasteiger partial charge is 0.242 e. The summed E-state index contributed by atoms with van der Waals surface area (Å²) < 4.78 is 27.6. The summed E-state index contributed by atoms with van der Waals surface area (Å²) in [7, 11) is -3.69. The van der Waals surface area contributed by atoms with Crippen molar-refractivity contribution in [2.45, 2.75) is 30.2 Å². The SMILES string of the molecule is O=C1Cc2cc(S(=O)(=O)N[C@@H]3CCCNC3)c(Cl)cc2N1. The number of hydrogen-bond donors (Lipinski definition) is 3. The summed E-state index contributed by atoms with van der Waals surface area (Å²) in [5.41, 5.74) is 1.25. The van der Waals surface area contributed by atoms with Crippen LogP contribution in [0.3, 0.4) is 0 Å². The largest absolute Gasteiger partial charge is 0.325 e. The number of piperidine rings is 1. The van der Waals surface area contributed by atoms with Crippen molar-refractivity contribution < 1.29 is 13.2 Å². The van der Waals surface area contributed by atoms with E-state index in [1.165, 1.54) is 12.1 Å². The summed E-state index contributed by atoms with van der Waals surface area (Å²) in [6, 6.07) is 2.84. The highest BCUT2D eigenvalue weighted by molar-refractivity contribution is 7.89. The van der Waals surface area contributed by atoms with E-state index in [2.05, 4.69) is 15.4 Å². The van der Waals surface area contributed by atoms with Crippen molar-refractivity contribution in [3.63, 3.8) is 0 Å². The Kier molecular flexibility index (Phi) is 3.92. The van der Waals surface area contributed by atoms with Crippen LogP contribution in [0, 0.1) is 0 Å². The van der Waals surface area contributed by atoms with Crippen LogP contribution in [0.15, 0.2) is 17.0 Å². The van der Waals surface area contributed by atoms with Gasteiger partial charge in [-0.25, -0.2) is 13.1 Å². The lowest BCUT2D eigenvalue weighted by atomic mass is 10.1. The molecule has 0 aliphatic carbocycles. The standard InChI is InChI=1S/C13H16ClN3O3S/c14-10-6-11-8(5-13(18)16-11)4-12(10)21(19,20)17-9-2-1-3-15-7-9/h4,6,9,15,17H,1-3,5,7H2,(H,16,18)/t9-/m1/s1. The molecule has 8 heteroatoms. The van der Waals surface area contributed by atoms with Gasteiger partial charge in [0.2, 0.25) is 15.9 Å². The van der Waals surface area contributed by atoms with Gasteiger partial charge in [0.25, 0.3) is 0 Å². The molecule has 1 atom stereocenters. The molecule has 6 nitrogen and oxygen atoms in total. The van der Waals surface area contributed by atoms with E-state index in [4.69, 9.17) is 11.6 Å². The van der Waals surface area contributed by atoms with Gasteiger partial charge in [-0.1, -0.05) is 11.6 Å². The van der Waals surface area contributed by atoms with E-state index < -0.39 is 10.0 Å². The molecule has 3 rings (SSSR count). The molecule has 1 amide bonds. The second-order valence-electron chi connectivity index (χ2n) is 5.33. The number of halogens is 1. The Labute approximate surface area is 128 Å². The highest BCUT2D eigenvalue weighted by atomic mass is 35.5. The fourth-order valence-corrected chi connectivity index (χ4v) is 4.52. The molecule has 1 fully saturated rings. The number of hydrogen-bond acceptors (Lipinski definition) is 4. The maximum absolute atomic E-state index is 12.5. The molecule has 2 heterocycles. The molecule has 1 aromatic carbocycles. The van der Waals surface area contributed by atoms with Gasteiger partial charge in [-0.15, -0.1) is 0 Å². The second-order valence-corrected chi connectivity index (χ2v) is 7.42. The lowest BCUT2D eigenvalue weighted by Gasteiger charge is -2.24. The first-order valence-electron chi connectivity index (χ1n) is 6.81. The fraction of sp³-hybridized carbons (Fsp3) is 0.462. The summed E-state index contributed by atoms with van der Waals surface area (Å²) in [5.74, 6) is -0.153. The Balaban J connectivity index is 1.88. The van der Waals surface area contributed by atoms with E-state index >= 15 is 0 Å². The lowest BCUT2D eigenvalue weighted by Crippen LogP contribution is -2.45. The van der Waals surface area contributed by atoms with Gasteiger partial charge in [0.05, 0.1) is 11.4 Å². The topological polar surface area (TPSA) is 87.3 Å². The summed E-state index contributed by atoms with van der Waals surface area (Å²) in [6.45, 7) is 1.52. The Morgan fingerprint density at radius 1 is 1.33 bits per heavy atom. The first-order chi connectivity index (χ1) is 9.95. The molecule has 1 saturated heterocycles. The fourth-order valence-electron chi connectivity index (χ4n) is 2.67. The number of rotatable bonds is 3. The van der Waals surface area contributed by atoms with Gasteiger partial charge < -0.3 is 10.6 Å². The normalized spacial score (nSPS) is 22.0. The van der Waals surface area contributed by atoms with E-state index in [-0.39, 0.29) is 28.3 Å². The first kappa shape index (κ1) is 14.8.